The summed E-state index contributed by atoms with van der Waals surface area (Å²) in [6.07, 6.45) is 0. The summed E-state index contributed by atoms with van der Waals surface area (Å²) in [5.41, 5.74) is 20.7. The van der Waals surface area contributed by atoms with Crippen LogP contribution in [0, 0.1) is 51.1 Å². The third kappa shape index (κ3) is 19.7. The average molecular weight is 1300 g/mol. The van der Waals surface area contributed by atoms with Crippen molar-refractivity contribution in [2.45, 2.75) is 20.8 Å². The minimum absolute atomic E-state index is 0.00944. The molecule has 5 amide bonds. The van der Waals surface area contributed by atoms with Gasteiger partial charge >= 0.3 is 17.3 Å². The van der Waals surface area contributed by atoms with E-state index in [0.29, 0.717) is 38.1 Å². The lowest BCUT2D eigenvalue weighted by molar-refractivity contribution is -0.386. The number of nitro groups is 3. The van der Waals surface area contributed by atoms with Crippen LogP contribution in [0.4, 0.5) is 34.1 Å². The van der Waals surface area contributed by atoms with E-state index in [-0.39, 0.29) is 51.9 Å². The molecule has 84 heavy (non-hydrogen) atoms. The fourth-order valence-electron chi connectivity index (χ4n) is 6.55. The normalized spacial score (nSPS) is 9.80. The van der Waals surface area contributed by atoms with Crippen molar-refractivity contribution in [2.75, 3.05) is 87.7 Å². The number of phenolic OH excluding ortho intramolecular Hbond substituents is 2. The maximum Gasteiger partial charge on any atom is 0.339 e. The Bertz CT molecular complexity index is 3260. The quantitative estimate of drug-likeness (QED) is 0.0309. The standard InChI is InChI=1S/C10H13BrN2O.C10H12N2O3.C10H14N2O.C9H11BrN2O2.C9H10N2O4.C7H5NO5/c1-6-8(12)5-4-7(11)9(6)10(14)13(2)3;1-7-8(10(13)11(2)3)5-4-6-9(7)12(14)15;1-7-8(10(13)12(2)3)5-4-6-9(7)11;1-12(2)9(14)7-5(10)3-4-6(11)8(7)13;1-10(2)9(13)6-4-3-5-7(8(6)12)11(14)15;9-6-4(7(10)11)2-1-3-5(6)8(12)13/h4-5H,12H2,1-3H3;4-6H,1-3H3;4-6H,11H2,1-3H3;3-4,13H,11H2,1-2H3;3-5,12H,1-2H3;1-3,9H,(H,10,11). The van der Waals surface area contributed by atoms with Crippen LogP contribution in [0.1, 0.15) is 78.8 Å². The molecule has 0 unspecified atom stereocenters. The highest BCUT2D eigenvalue weighted by molar-refractivity contribution is 9.10. The molecule has 6 rings (SSSR count). The molecule has 0 heterocycles. The molecule has 0 aliphatic carbocycles. The number of carboxylic acids is 1. The Labute approximate surface area is 499 Å². The first-order valence-electron chi connectivity index (χ1n) is 24.0. The Hall–Kier alpha value is -9.90. The lowest BCUT2D eigenvalue weighted by atomic mass is 10.1. The van der Waals surface area contributed by atoms with E-state index in [1.165, 1.54) is 70.1 Å². The van der Waals surface area contributed by atoms with Crippen molar-refractivity contribution in [1.82, 2.24) is 24.5 Å². The SMILES string of the molecule is CN(C)C(=O)c1c(Br)ccc(N)c1O.CN(C)C(=O)c1cccc([N+](=O)[O-])c1O.Cc1c(C(=O)N(C)C)cccc1[N+](=O)[O-].Cc1c(N)ccc(Br)c1C(=O)N(C)C.Cc1c(N)cccc1C(=O)N(C)C.O=C(O)c1cccc([N+](=O)[O-])c1O. The molecular weight excluding hydrogens is 1230 g/mol. The molecule has 29 heteroatoms. The molecule has 6 aromatic rings. The van der Waals surface area contributed by atoms with Gasteiger partial charge in [0, 0.05) is 126 Å². The molecular formula is C55H65Br2N11O16. The monoisotopic (exact) mass is 1290 g/mol. The van der Waals surface area contributed by atoms with Crippen LogP contribution in [0.3, 0.4) is 0 Å². The number of hydrogen-bond donors (Lipinski definition) is 7. The van der Waals surface area contributed by atoms with Gasteiger partial charge in [-0.1, -0.05) is 24.3 Å². The van der Waals surface area contributed by atoms with Gasteiger partial charge in [0.05, 0.1) is 37.1 Å². The molecule has 0 fully saturated rings. The van der Waals surface area contributed by atoms with Crippen LogP contribution < -0.4 is 17.2 Å². The number of aromatic hydroxyl groups is 3. The summed E-state index contributed by atoms with van der Waals surface area (Å²) < 4.78 is 1.31. The van der Waals surface area contributed by atoms with Gasteiger partial charge in [0.2, 0.25) is 11.5 Å². The summed E-state index contributed by atoms with van der Waals surface area (Å²) in [5, 5.41) is 68.1. The zero-order valence-corrected chi connectivity index (χ0v) is 51.2. The van der Waals surface area contributed by atoms with E-state index in [9.17, 15) is 69.3 Å². The van der Waals surface area contributed by atoms with Crippen LogP contribution in [0.25, 0.3) is 0 Å². The third-order valence-corrected chi connectivity index (χ3v) is 12.6. The van der Waals surface area contributed by atoms with Gasteiger partial charge in [-0.25, -0.2) is 4.79 Å². The number of carbonyl (C=O) groups is 6. The highest BCUT2D eigenvalue weighted by atomic mass is 79.9. The number of nitro benzene ring substituents is 3. The molecule has 0 atom stereocenters. The van der Waals surface area contributed by atoms with E-state index in [0.717, 1.165) is 33.8 Å². The van der Waals surface area contributed by atoms with Crippen LogP contribution in [-0.4, -0.2) is 166 Å². The summed E-state index contributed by atoms with van der Waals surface area (Å²) in [6, 6.07) is 23.8. The highest BCUT2D eigenvalue weighted by Crippen LogP contribution is 2.33. The number of para-hydroxylation sites is 2. The molecule has 0 aliphatic rings. The molecule has 0 spiro atoms. The average Bonchev–Trinajstić information content (AvgIpc) is 3.62. The van der Waals surface area contributed by atoms with Gasteiger partial charge in [-0.05, 0) is 118 Å². The van der Waals surface area contributed by atoms with Gasteiger partial charge in [-0.15, -0.1) is 0 Å². The summed E-state index contributed by atoms with van der Waals surface area (Å²) in [4.78, 5) is 105. The van der Waals surface area contributed by atoms with Crippen molar-refractivity contribution in [3.63, 3.8) is 0 Å². The lowest BCUT2D eigenvalue weighted by Crippen LogP contribution is -2.23. The fourth-order valence-corrected chi connectivity index (χ4v) is 7.64. The number of nitrogens with two attached hydrogens (primary N) is 3. The molecule has 0 saturated heterocycles. The third-order valence-electron chi connectivity index (χ3n) is 11.3. The molecule has 6 aromatic carbocycles. The van der Waals surface area contributed by atoms with E-state index >= 15 is 0 Å². The first kappa shape index (κ1) is 72.1. The second kappa shape index (κ2) is 32.5. The van der Waals surface area contributed by atoms with E-state index in [2.05, 4.69) is 31.9 Å². The molecule has 10 N–H and O–H groups in total. The number of phenols is 3. The van der Waals surface area contributed by atoms with E-state index < -0.39 is 55.1 Å². The van der Waals surface area contributed by atoms with Crippen molar-refractivity contribution < 1.29 is 64.0 Å². The van der Waals surface area contributed by atoms with E-state index in [1.54, 1.807) is 111 Å². The van der Waals surface area contributed by atoms with E-state index in [4.69, 9.17) is 27.4 Å². The second-order valence-electron chi connectivity index (χ2n) is 18.4. The number of carbonyl (C=O) groups excluding carboxylic acids is 5. The molecule has 0 aliphatic heterocycles. The van der Waals surface area contributed by atoms with Gasteiger partial charge in [0.25, 0.3) is 35.2 Å². The van der Waals surface area contributed by atoms with Gasteiger partial charge < -0.3 is 62.1 Å². The Morgan fingerprint density at radius 3 is 1.11 bits per heavy atom. The zero-order chi connectivity index (χ0) is 64.9. The Balaban J connectivity index is 0.000000504. The molecule has 0 radical (unpaired) electrons. The summed E-state index contributed by atoms with van der Waals surface area (Å²) >= 11 is 6.53. The Morgan fingerprint density at radius 1 is 0.393 bits per heavy atom. The molecule has 0 saturated carbocycles. The predicted octanol–water partition coefficient (Wildman–Crippen LogP) is 8.37. The first-order valence-corrected chi connectivity index (χ1v) is 25.6. The second-order valence-corrected chi connectivity index (χ2v) is 20.1. The number of benzene rings is 6. The number of nitrogen functional groups attached to an aromatic ring is 3. The van der Waals surface area contributed by atoms with Crippen LogP contribution >= 0.6 is 31.9 Å². The number of amides is 5. The van der Waals surface area contributed by atoms with E-state index in [1.807, 2.05) is 13.8 Å². The minimum atomic E-state index is -1.40. The van der Waals surface area contributed by atoms with Crippen molar-refractivity contribution in [1.29, 1.82) is 0 Å². The lowest BCUT2D eigenvalue weighted by Gasteiger charge is -2.15. The number of rotatable bonds is 9. The number of anilines is 3. The molecule has 0 bridgehead atoms. The number of carboxylic acid groups (broad SMARTS) is 1. The van der Waals surface area contributed by atoms with Gasteiger partial charge in [0.1, 0.15) is 5.56 Å². The summed E-state index contributed by atoms with van der Waals surface area (Å²) in [5.74, 6) is -4.04. The summed E-state index contributed by atoms with van der Waals surface area (Å²) in [7, 11) is 16.3. The van der Waals surface area contributed by atoms with Crippen LogP contribution in [-0.2, 0) is 0 Å². The first-order chi connectivity index (χ1) is 38.9. The zero-order valence-electron chi connectivity index (χ0n) is 48.0. The maximum atomic E-state index is 11.8. The van der Waals surface area contributed by atoms with Crippen LogP contribution in [0.5, 0.6) is 17.2 Å². The number of halogens is 2. The van der Waals surface area contributed by atoms with Crippen molar-refractivity contribution in [3.05, 3.63) is 186 Å². The Morgan fingerprint density at radius 2 is 0.702 bits per heavy atom. The van der Waals surface area contributed by atoms with Gasteiger partial charge in [-0.3, -0.25) is 54.3 Å². The van der Waals surface area contributed by atoms with Crippen molar-refractivity contribution in [3.8, 4) is 17.2 Å². The number of nitrogens with zero attached hydrogens (tertiary/aromatic N) is 8. The Kier molecular flexibility index (Phi) is 27.9. The topological polar surface area (TPSA) is 407 Å². The van der Waals surface area contributed by atoms with Crippen LogP contribution in [0.2, 0.25) is 0 Å². The smallest absolute Gasteiger partial charge is 0.339 e. The summed E-state index contributed by atoms with van der Waals surface area (Å²) in [6.45, 7) is 5.28. The number of hydrogen-bond acceptors (Lipinski definition) is 18. The minimum Gasteiger partial charge on any atom is -0.505 e. The molecule has 27 nitrogen and oxygen atoms in total. The molecule has 0 aromatic heterocycles. The predicted molar refractivity (Wildman–Crippen MR) is 324 cm³/mol. The largest absolute Gasteiger partial charge is 0.505 e. The van der Waals surface area contributed by atoms with Gasteiger partial charge in [0.15, 0.2) is 5.75 Å². The fraction of sp³-hybridized carbons (Fsp3) is 0.236. The van der Waals surface area contributed by atoms with Gasteiger partial charge in [-0.2, -0.15) is 0 Å². The molecule has 450 valence electrons. The van der Waals surface area contributed by atoms with Crippen molar-refractivity contribution >= 4 is 101 Å². The van der Waals surface area contributed by atoms with Crippen LogP contribution in [0.15, 0.2) is 106 Å². The van der Waals surface area contributed by atoms with Crippen molar-refractivity contribution in [2.24, 2.45) is 0 Å². The maximum absolute atomic E-state index is 11.8. The number of aromatic carboxylic acids is 1. The highest BCUT2D eigenvalue weighted by Gasteiger charge is 2.24.